The second-order valence-corrected chi connectivity index (χ2v) is 4.70. The lowest BCUT2D eigenvalue weighted by Crippen LogP contribution is -2.61. The number of aromatic nitrogens is 2. The molecule has 2 rings (SSSR count). The van der Waals surface area contributed by atoms with E-state index in [-0.39, 0.29) is 5.56 Å². The summed E-state index contributed by atoms with van der Waals surface area (Å²) in [5.74, 6) is 0. The number of hydrogen-bond donors (Lipinski definition) is 5. The fraction of sp³-hybridized carbons (Fsp3) is 0.636. The number of ether oxygens (including phenoxy) is 1. The van der Waals surface area contributed by atoms with Gasteiger partial charge in [-0.2, -0.15) is 0 Å². The number of aliphatic hydroxyl groups is 4. The number of rotatable bonds is 3. The van der Waals surface area contributed by atoms with E-state index in [1.807, 2.05) is 4.98 Å². The Morgan fingerprint density at radius 1 is 1.29 bits per heavy atom. The third-order valence-electron chi connectivity index (χ3n) is 3.16. The third-order valence-corrected chi connectivity index (χ3v) is 3.16. The maximum atomic E-state index is 11.6. The van der Waals surface area contributed by atoms with Crippen molar-refractivity contribution in [3.05, 3.63) is 32.6 Å². The first-order valence-corrected chi connectivity index (χ1v) is 6.15. The van der Waals surface area contributed by atoms with Gasteiger partial charge in [0.05, 0.1) is 12.8 Å². The molecule has 5 atom stereocenters. The summed E-state index contributed by atoms with van der Waals surface area (Å²) in [6.07, 6.45) is -6.39. The first-order valence-electron chi connectivity index (χ1n) is 6.15. The van der Waals surface area contributed by atoms with Crippen molar-refractivity contribution in [2.45, 2.75) is 37.6 Å². The van der Waals surface area contributed by atoms with Crippen molar-refractivity contribution in [1.82, 2.24) is 9.71 Å². The molecule has 0 radical (unpaired) electrons. The summed E-state index contributed by atoms with van der Waals surface area (Å²) in [5.41, 5.74) is -1.31. The van der Waals surface area contributed by atoms with Crippen LogP contribution in [0.5, 0.6) is 0 Å². The van der Waals surface area contributed by atoms with Gasteiger partial charge in [0, 0.05) is 5.56 Å². The van der Waals surface area contributed by atoms with Gasteiger partial charge in [0.1, 0.15) is 24.4 Å². The highest BCUT2D eigenvalue weighted by atomic mass is 16.8. The van der Waals surface area contributed by atoms with Gasteiger partial charge in [0.2, 0.25) is 0 Å². The molecular weight excluding hydrogens is 288 g/mol. The van der Waals surface area contributed by atoms with Gasteiger partial charge >= 0.3 is 5.69 Å². The molecule has 0 spiro atoms. The summed E-state index contributed by atoms with van der Waals surface area (Å²) >= 11 is 0. The fourth-order valence-corrected chi connectivity index (χ4v) is 1.89. The van der Waals surface area contributed by atoms with E-state index in [2.05, 4.69) is 0 Å². The molecule has 0 amide bonds. The molecule has 0 saturated carbocycles. The van der Waals surface area contributed by atoms with E-state index in [4.69, 9.17) is 14.7 Å². The van der Waals surface area contributed by atoms with Crippen molar-refractivity contribution < 1.29 is 30.0 Å². The maximum absolute atomic E-state index is 11.6. The zero-order chi connectivity index (χ0) is 15.7. The molecule has 118 valence electrons. The molecule has 1 aliphatic rings. The van der Waals surface area contributed by atoms with E-state index in [0.717, 1.165) is 6.20 Å². The van der Waals surface area contributed by atoms with Crippen LogP contribution in [0.1, 0.15) is 5.56 Å². The molecule has 0 aromatic carbocycles. The van der Waals surface area contributed by atoms with E-state index in [9.17, 15) is 24.9 Å². The smallest absolute Gasteiger partial charge is 0.361 e. The molecule has 1 aliphatic heterocycles. The average Bonchev–Trinajstić information content (AvgIpc) is 2.45. The number of aromatic amines is 1. The molecule has 1 aromatic heterocycles. The van der Waals surface area contributed by atoms with Crippen LogP contribution in [0.15, 0.2) is 15.8 Å². The Morgan fingerprint density at radius 3 is 2.57 bits per heavy atom. The van der Waals surface area contributed by atoms with Crippen molar-refractivity contribution >= 4 is 0 Å². The number of nitrogens with one attached hydrogen (secondary N) is 1. The standard InChI is InChI=1S/C11H16N2O8/c1-4-2-13(11(19)12-9(4)18)21-10-8(17)7(16)6(15)5(3-14)20-10/h2,5-8,10,14-17H,3H2,1H3,(H,12,18,19)/t5-,6-,7+,8-,10-/m1/s1. The summed E-state index contributed by atoms with van der Waals surface area (Å²) < 4.78 is 5.70. The average molecular weight is 304 g/mol. The Balaban J connectivity index is 2.24. The predicted molar refractivity (Wildman–Crippen MR) is 66.4 cm³/mol. The number of hydrogen-bond acceptors (Lipinski definition) is 8. The molecular formula is C11H16N2O8. The topological polar surface area (TPSA) is 154 Å². The van der Waals surface area contributed by atoms with Gasteiger partial charge in [-0.05, 0) is 6.92 Å². The molecule has 1 fully saturated rings. The van der Waals surface area contributed by atoms with Gasteiger partial charge < -0.3 is 30.0 Å². The normalized spacial score (nSPS) is 32.9. The highest BCUT2D eigenvalue weighted by Crippen LogP contribution is 2.20. The Bertz CT molecular complexity index is 609. The molecule has 21 heavy (non-hydrogen) atoms. The second-order valence-electron chi connectivity index (χ2n) is 4.70. The van der Waals surface area contributed by atoms with Gasteiger partial charge in [0.15, 0.2) is 0 Å². The van der Waals surface area contributed by atoms with Crippen LogP contribution in [0, 0.1) is 6.92 Å². The predicted octanol–water partition coefficient (Wildman–Crippen LogP) is -3.93. The van der Waals surface area contributed by atoms with Crippen LogP contribution in [0.4, 0.5) is 0 Å². The number of nitrogens with zero attached hydrogens (tertiary/aromatic N) is 1. The van der Waals surface area contributed by atoms with Crippen molar-refractivity contribution in [2.75, 3.05) is 6.61 Å². The fourth-order valence-electron chi connectivity index (χ4n) is 1.89. The number of H-pyrrole nitrogens is 1. The Hall–Kier alpha value is -1.72. The van der Waals surface area contributed by atoms with Crippen LogP contribution in [0.25, 0.3) is 0 Å². The number of aliphatic hydroxyl groups excluding tert-OH is 4. The van der Waals surface area contributed by atoms with Crippen molar-refractivity contribution in [2.24, 2.45) is 0 Å². The molecule has 1 aromatic rings. The van der Waals surface area contributed by atoms with Gasteiger partial charge in [-0.1, -0.05) is 0 Å². The first kappa shape index (κ1) is 15.7. The summed E-state index contributed by atoms with van der Waals surface area (Å²) in [6.45, 7) is 0.815. The lowest BCUT2D eigenvalue weighted by atomic mass is 9.99. The molecule has 0 aliphatic carbocycles. The Morgan fingerprint density at radius 2 is 1.95 bits per heavy atom. The summed E-state index contributed by atoms with van der Waals surface area (Å²) in [7, 11) is 0. The SMILES string of the molecule is Cc1cn(O[C@H]2O[C@H](CO)[C@@H](O)[C@H](O)[C@H]2O)c(=O)[nH]c1=O. The second kappa shape index (κ2) is 5.95. The molecule has 10 nitrogen and oxygen atoms in total. The monoisotopic (exact) mass is 304 g/mol. The molecule has 2 heterocycles. The minimum absolute atomic E-state index is 0.180. The molecule has 5 N–H and O–H groups in total. The minimum Gasteiger partial charge on any atom is -0.394 e. The van der Waals surface area contributed by atoms with Crippen LogP contribution in [0.3, 0.4) is 0 Å². The summed E-state index contributed by atoms with van der Waals surface area (Å²) in [4.78, 5) is 29.8. The highest BCUT2D eigenvalue weighted by Gasteiger charge is 2.45. The first-order chi connectivity index (χ1) is 9.85. The minimum atomic E-state index is -1.65. The zero-order valence-electron chi connectivity index (χ0n) is 11.0. The van der Waals surface area contributed by atoms with E-state index >= 15 is 0 Å². The largest absolute Gasteiger partial charge is 0.394 e. The van der Waals surface area contributed by atoms with Crippen LogP contribution in [0.2, 0.25) is 0 Å². The van der Waals surface area contributed by atoms with Gasteiger partial charge in [-0.15, -0.1) is 4.73 Å². The molecule has 0 bridgehead atoms. The van der Waals surface area contributed by atoms with Crippen LogP contribution in [-0.2, 0) is 4.74 Å². The summed E-state index contributed by atoms with van der Waals surface area (Å²) in [5, 5.41) is 38.0. The molecule has 10 heteroatoms. The van der Waals surface area contributed by atoms with Crippen LogP contribution in [-0.4, -0.2) is 67.5 Å². The van der Waals surface area contributed by atoms with Crippen molar-refractivity contribution in [3.63, 3.8) is 0 Å². The third kappa shape index (κ3) is 2.99. The lowest BCUT2D eigenvalue weighted by molar-refractivity contribution is -0.301. The van der Waals surface area contributed by atoms with Gasteiger partial charge in [-0.25, -0.2) is 4.79 Å². The highest BCUT2D eigenvalue weighted by molar-refractivity contribution is 5.00. The van der Waals surface area contributed by atoms with Crippen LogP contribution < -0.4 is 16.1 Å². The summed E-state index contributed by atoms with van der Waals surface area (Å²) in [6, 6.07) is 0. The lowest BCUT2D eigenvalue weighted by Gasteiger charge is -2.39. The van der Waals surface area contributed by atoms with Crippen molar-refractivity contribution in [3.8, 4) is 0 Å². The maximum Gasteiger partial charge on any atom is 0.361 e. The Kier molecular flexibility index (Phi) is 4.44. The van der Waals surface area contributed by atoms with Crippen molar-refractivity contribution in [1.29, 1.82) is 0 Å². The van der Waals surface area contributed by atoms with E-state index in [1.54, 1.807) is 0 Å². The molecule has 1 saturated heterocycles. The quantitative estimate of drug-likeness (QED) is 0.379. The van der Waals surface area contributed by atoms with Gasteiger partial charge in [-0.3, -0.25) is 9.78 Å². The van der Waals surface area contributed by atoms with Gasteiger partial charge in [0.25, 0.3) is 11.8 Å². The van der Waals surface area contributed by atoms with Crippen LogP contribution >= 0.6 is 0 Å². The van der Waals surface area contributed by atoms with E-state index in [0.29, 0.717) is 4.73 Å². The van der Waals surface area contributed by atoms with E-state index < -0.39 is 48.6 Å². The Labute approximate surface area is 117 Å². The zero-order valence-corrected chi connectivity index (χ0v) is 11.0. The van der Waals surface area contributed by atoms with E-state index in [1.165, 1.54) is 6.92 Å². The molecule has 0 unspecified atom stereocenters. The number of aryl methyl sites for hydroxylation is 1.